The van der Waals surface area contributed by atoms with Gasteiger partial charge in [-0.25, -0.2) is 24.5 Å². The zero-order chi connectivity index (χ0) is 41.2. The highest BCUT2D eigenvalue weighted by Gasteiger charge is 2.47. The SMILES string of the molecule is CCOC(=O)N1c2ccc(OC)nc2[C@@H](c2ncc(C(OC(=O)c3cccc(Cl)c3)C(O)CO)c(Cc3cc(C(F)(F)F)cc(C(F)(F)F)c3)n2)C[C@@]1(N)CC. The summed E-state index contributed by atoms with van der Waals surface area (Å²) in [4.78, 5) is 41.4. The van der Waals surface area contributed by atoms with E-state index in [2.05, 4.69) is 15.0 Å². The largest absolute Gasteiger partial charge is 0.481 e. The van der Waals surface area contributed by atoms with Crippen molar-refractivity contribution in [1.82, 2.24) is 15.0 Å². The Morgan fingerprint density at radius 2 is 1.71 bits per heavy atom. The van der Waals surface area contributed by atoms with E-state index in [1.165, 1.54) is 48.4 Å². The summed E-state index contributed by atoms with van der Waals surface area (Å²) in [6.45, 7) is 2.32. The number of nitrogens with zero attached hydrogens (tertiary/aromatic N) is 4. The van der Waals surface area contributed by atoms with E-state index >= 15 is 0 Å². The molecule has 0 saturated carbocycles. The molecular formula is C37H36ClF6N5O7. The summed E-state index contributed by atoms with van der Waals surface area (Å²) >= 11 is 6.03. The van der Waals surface area contributed by atoms with Crippen LogP contribution >= 0.6 is 11.6 Å². The molecule has 2 unspecified atom stereocenters. The first kappa shape index (κ1) is 42.1. The first-order chi connectivity index (χ1) is 26.3. The van der Waals surface area contributed by atoms with Crippen molar-refractivity contribution in [2.45, 2.75) is 69.3 Å². The minimum Gasteiger partial charge on any atom is -0.481 e. The third kappa shape index (κ3) is 8.98. The number of anilines is 1. The highest BCUT2D eigenvalue weighted by molar-refractivity contribution is 6.30. The molecule has 0 aliphatic carbocycles. The van der Waals surface area contributed by atoms with Crippen molar-refractivity contribution in [3.8, 4) is 5.88 Å². The molecule has 0 radical (unpaired) electrons. The Morgan fingerprint density at radius 1 is 1.04 bits per heavy atom. The quantitative estimate of drug-likeness (QED) is 0.106. The van der Waals surface area contributed by atoms with E-state index in [9.17, 15) is 46.1 Å². The Labute approximate surface area is 321 Å². The van der Waals surface area contributed by atoms with E-state index in [1.54, 1.807) is 13.8 Å². The Hall–Kier alpha value is -5.04. The molecule has 0 bridgehead atoms. The van der Waals surface area contributed by atoms with Crippen molar-refractivity contribution in [2.75, 3.05) is 25.2 Å². The van der Waals surface area contributed by atoms with Crippen LogP contribution in [-0.2, 0) is 28.2 Å². The maximum atomic E-state index is 13.9. The molecule has 0 spiro atoms. The Kier molecular flexibility index (Phi) is 12.5. The van der Waals surface area contributed by atoms with Crippen LogP contribution in [0.5, 0.6) is 5.88 Å². The van der Waals surface area contributed by atoms with Crippen LogP contribution in [0.4, 0.5) is 36.8 Å². The number of carbonyl (C=O) groups excluding carboxylic acids is 2. The number of amides is 1. The van der Waals surface area contributed by atoms with Gasteiger partial charge in [-0.1, -0.05) is 24.6 Å². The molecule has 4 N–H and O–H groups in total. The van der Waals surface area contributed by atoms with Crippen LogP contribution in [0.2, 0.25) is 5.02 Å². The summed E-state index contributed by atoms with van der Waals surface area (Å²) in [6, 6.07) is 9.49. The molecule has 56 heavy (non-hydrogen) atoms. The maximum Gasteiger partial charge on any atom is 0.416 e. The zero-order valence-corrected chi connectivity index (χ0v) is 30.7. The predicted octanol–water partition coefficient (Wildman–Crippen LogP) is 6.98. The molecule has 0 fully saturated rings. The summed E-state index contributed by atoms with van der Waals surface area (Å²) in [5.41, 5.74) is 1.45. The Balaban J connectivity index is 1.74. The van der Waals surface area contributed by atoms with E-state index in [1.807, 2.05) is 0 Å². The second kappa shape index (κ2) is 16.6. The van der Waals surface area contributed by atoms with Crippen molar-refractivity contribution in [2.24, 2.45) is 5.73 Å². The molecule has 1 aliphatic rings. The Bertz CT molecular complexity index is 2060. The topological polar surface area (TPSA) is 170 Å². The molecular weight excluding hydrogens is 776 g/mol. The van der Waals surface area contributed by atoms with Crippen LogP contribution in [0.3, 0.4) is 0 Å². The number of esters is 1. The van der Waals surface area contributed by atoms with Gasteiger partial charge in [-0.3, -0.25) is 4.90 Å². The van der Waals surface area contributed by atoms with Crippen LogP contribution in [0, 0.1) is 0 Å². The van der Waals surface area contributed by atoms with Crippen molar-refractivity contribution in [1.29, 1.82) is 0 Å². The average molecular weight is 812 g/mol. The number of pyridine rings is 1. The molecule has 12 nitrogen and oxygen atoms in total. The second-order valence-corrected chi connectivity index (χ2v) is 13.2. The molecule has 5 rings (SSSR count). The lowest BCUT2D eigenvalue weighted by molar-refractivity contribution is -0.143. The van der Waals surface area contributed by atoms with Gasteiger partial charge in [-0.2, -0.15) is 26.3 Å². The van der Waals surface area contributed by atoms with Crippen molar-refractivity contribution < 1.29 is 60.4 Å². The van der Waals surface area contributed by atoms with Crippen molar-refractivity contribution >= 4 is 29.4 Å². The number of nitrogens with two attached hydrogens (primary N) is 1. The predicted molar refractivity (Wildman–Crippen MR) is 188 cm³/mol. The number of ether oxygens (including phenoxy) is 3. The maximum absolute atomic E-state index is 13.9. The number of halogens is 7. The van der Waals surface area contributed by atoms with Gasteiger partial charge in [0.25, 0.3) is 0 Å². The molecule has 2 aromatic carbocycles. The van der Waals surface area contributed by atoms with E-state index in [0.717, 1.165) is 6.20 Å². The third-order valence-corrected chi connectivity index (χ3v) is 9.34. The first-order valence-electron chi connectivity index (χ1n) is 17.0. The normalized spacial score (nSPS) is 18.2. The molecule has 2 aromatic heterocycles. The smallest absolute Gasteiger partial charge is 0.416 e. The summed E-state index contributed by atoms with van der Waals surface area (Å²) in [5, 5.41) is 21.1. The van der Waals surface area contributed by atoms with Crippen LogP contribution < -0.4 is 15.4 Å². The number of benzene rings is 2. The number of carbonyl (C=O) groups is 2. The zero-order valence-electron chi connectivity index (χ0n) is 30.0. The van der Waals surface area contributed by atoms with Gasteiger partial charge in [0.2, 0.25) is 5.88 Å². The van der Waals surface area contributed by atoms with Crippen molar-refractivity contribution in [3.63, 3.8) is 0 Å². The molecule has 4 atom stereocenters. The third-order valence-electron chi connectivity index (χ3n) is 9.11. The van der Waals surface area contributed by atoms with E-state index in [-0.39, 0.29) is 70.4 Å². The van der Waals surface area contributed by atoms with Crippen molar-refractivity contribution in [3.05, 3.63) is 111 Å². The first-order valence-corrected chi connectivity index (χ1v) is 17.4. The fraction of sp³-hybridized carbons (Fsp3) is 0.378. The molecule has 19 heteroatoms. The number of aromatic nitrogens is 3. The van der Waals surface area contributed by atoms with Crippen LogP contribution in [-0.4, -0.2) is 69.3 Å². The lowest BCUT2D eigenvalue weighted by Gasteiger charge is -2.46. The molecule has 1 amide bonds. The number of rotatable bonds is 11. The number of hydrogen-bond donors (Lipinski definition) is 3. The van der Waals surface area contributed by atoms with Gasteiger partial charge in [-0.15, -0.1) is 0 Å². The molecule has 4 aromatic rings. The number of methoxy groups -OCH3 is 1. The lowest BCUT2D eigenvalue weighted by Crippen LogP contribution is -2.61. The highest BCUT2D eigenvalue weighted by atomic mass is 35.5. The standard InChI is InChI=1S/C37H36ClF6N5O7/c1-4-35(45)16-24(30-27(9-10-29(48-30)54-3)49(35)34(53)55-5-2)32-46-17-25(31(28(51)18-50)56-33(52)20-7-6-8-23(38)14-20)26(47-32)13-19-11-21(36(39,40)41)15-22(12-19)37(42,43)44/h6-12,14-15,17,24,28,31,50-51H,4-5,13,16,18,45H2,1-3H3/t24-,28?,31?,35+/m0/s1. The van der Waals surface area contributed by atoms with Gasteiger partial charge in [0.15, 0.2) is 6.10 Å². The van der Waals surface area contributed by atoms with Crippen LogP contribution in [0.25, 0.3) is 0 Å². The summed E-state index contributed by atoms with van der Waals surface area (Å²) in [7, 11) is 1.35. The van der Waals surface area contributed by atoms with Gasteiger partial charge in [0.05, 0.1) is 60.0 Å². The molecule has 0 saturated heterocycles. The molecule has 1 aliphatic heterocycles. The number of aliphatic hydroxyl groups excluding tert-OH is 2. The molecule has 3 heterocycles. The Morgan fingerprint density at radius 3 is 2.29 bits per heavy atom. The van der Waals surface area contributed by atoms with E-state index in [0.29, 0.717) is 12.1 Å². The minimum atomic E-state index is -5.18. The van der Waals surface area contributed by atoms with Crippen LogP contribution in [0.15, 0.2) is 60.8 Å². The summed E-state index contributed by atoms with van der Waals surface area (Å²) < 4.78 is 99.8. The number of hydrogen-bond acceptors (Lipinski definition) is 11. The van der Waals surface area contributed by atoms with E-state index < -0.39 is 77.9 Å². The monoisotopic (exact) mass is 811 g/mol. The summed E-state index contributed by atoms with van der Waals surface area (Å²) in [6.07, 6.45) is -14.4. The lowest BCUT2D eigenvalue weighted by atomic mass is 9.83. The van der Waals surface area contributed by atoms with Gasteiger partial charge in [-0.05, 0) is 67.8 Å². The second-order valence-electron chi connectivity index (χ2n) is 12.8. The van der Waals surface area contributed by atoms with Gasteiger partial charge >= 0.3 is 24.4 Å². The van der Waals surface area contributed by atoms with Gasteiger partial charge < -0.3 is 30.2 Å². The van der Waals surface area contributed by atoms with Crippen LogP contribution in [0.1, 0.15) is 88.5 Å². The highest BCUT2D eigenvalue weighted by Crippen LogP contribution is 2.46. The fourth-order valence-corrected chi connectivity index (χ4v) is 6.51. The fourth-order valence-electron chi connectivity index (χ4n) is 6.32. The average Bonchev–Trinajstić information content (AvgIpc) is 3.15. The van der Waals surface area contributed by atoms with Gasteiger partial charge in [0.1, 0.15) is 17.6 Å². The number of alkyl halides is 6. The molecule has 300 valence electrons. The summed E-state index contributed by atoms with van der Waals surface area (Å²) in [5.74, 6) is -2.02. The minimum absolute atomic E-state index is 0.0136. The van der Waals surface area contributed by atoms with E-state index in [4.69, 9.17) is 31.5 Å². The number of aliphatic hydroxyl groups is 2. The number of fused-ring (bicyclic) bond motifs is 1. The van der Waals surface area contributed by atoms with Gasteiger partial charge in [0, 0.05) is 29.3 Å².